The second kappa shape index (κ2) is 5.98. The highest BCUT2D eigenvalue weighted by atomic mass is 15.1. The van der Waals surface area contributed by atoms with E-state index in [2.05, 4.69) is 78.5 Å². The van der Waals surface area contributed by atoms with E-state index >= 15 is 0 Å². The zero-order valence-electron chi connectivity index (χ0n) is 13.0. The van der Waals surface area contributed by atoms with Crippen LogP contribution >= 0.6 is 0 Å². The Morgan fingerprint density at radius 1 is 0.955 bits per heavy atom. The van der Waals surface area contributed by atoms with Gasteiger partial charge in [0.2, 0.25) is 0 Å². The molecule has 0 atom stereocenters. The lowest BCUT2D eigenvalue weighted by atomic mass is 10.0. The van der Waals surface area contributed by atoms with E-state index in [1.54, 1.807) is 0 Å². The molecule has 0 spiro atoms. The van der Waals surface area contributed by atoms with E-state index in [0.29, 0.717) is 5.92 Å². The monoisotopic (exact) mass is 291 g/mol. The minimum Gasteiger partial charge on any atom is -0.361 e. The molecule has 0 bridgehead atoms. The van der Waals surface area contributed by atoms with Crippen molar-refractivity contribution in [2.24, 2.45) is 0 Å². The number of anilines is 2. The summed E-state index contributed by atoms with van der Waals surface area (Å²) in [6.07, 6.45) is 1.94. The van der Waals surface area contributed by atoms with E-state index < -0.39 is 0 Å². The molecular weight excluding hydrogens is 270 g/mol. The summed E-state index contributed by atoms with van der Waals surface area (Å²) in [6.45, 7) is 8.43. The number of aromatic nitrogens is 1. The SMILES string of the molecule is C=C(Nc1ccc(C(C)C)cc1)Nc1ccc2cc[nH]c2c1. The highest BCUT2D eigenvalue weighted by Gasteiger charge is 2.01. The van der Waals surface area contributed by atoms with E-state index in [-0.39, 0.29) is 0 Å². The highest BCUT2D eigenvalue weighted by Crippen LogP contribution is 2.20. The Morgan fingerprint density at radius 3 is 2.36 bits per heavy atom. The minimum absolute atomic E-state index is 0.544. The summed E-state index contributed by atoms with van der Waals surface area (Å²) in [4.78, 5) is 3.21. The van der Waals surface area contributed by atoms with E-state index in [0.717, 1.165) is 22.7 Å². The van der Waals surface area contributed by atoms with E-state index in [1.807, 2.05) is 12.3 Å². The van der Waals surface area contributed by atoms with Gasteiger partial charge >= 0.3 is 0 Å². The van der Waals surface area contributed by atoms with Gasteiger partial charge in [-0.05, 0) is 47.2 Å². The van der Waals surface area contributed by atoms with Gasteiger partial charge in [-0.3, -0.25) is 0 Å². The Hall–Kier alpha value is -2.68. The van der Waals surface area contributed by atoms with Crippen LogP contribution in [0.1, 0.15) is 25.3 Å². The average Bonchev–Trinajstić information content (AvgIpc) is 2.95. The predicted octanol–water partition coefficient (Wildman–Crippen LogP) is 5.29. The van der Waals surface area contributed by atoms with Crippen LogP contribution in [-0.2, 0) is 0 Å². The van der Waals surface area contributed by atoms with Crippen molar-refractivity contribution in [1.82, 2.24) is 4.98 Å². The lowest BCUT2D eigenvalue weighted by molar-refractivity contribution is 0.867. The lowest BCUT2D eigenvalue weighted by Gasteiger charge is -2.13. The second-order valence-electron chi connectivity index (χ2n) is 5.78. The van der Waals surface area contributed by atoms with Crippen molar-refractivity contribution in [3.05, 3.63) is 72.7 Å². The van der Waals surface area contributed by atoms with Crippen molar-refractivity contribution in [2.45, 2.75) is 19.8 Å². The van der Waals surface area contributed by atoms with Gasteiger partial charge in [0.15, 0.2) is 0 Å². The van der Waals surface area contributed by atoms with Gasteiger partial charge in [-0.25, -0.2) is 0 Å². The Bertz CT molecular complexity index is 782. The molecule has 0 aliphatic rings. The predicted molar refractivity (Wildman–Crippen MR) is 95.2 cm³/mol. The zero-order valence-corrected chi connectivity index (χ0v) is 13.0. The lowest BCUT2D eigenvalue weighted by Crippen LogP contribution is -2.08. The van der Waals surface area contributed by atoms with Gasteiger partial charge in [0.25, 0.3) is 0 Å². The number of rotatable bonds is 5. The van der Waals surface area contributed by atoms with Crippen molar-refractivity contribution in [1.29, 1.82) is 0 Å². The second-order valence-corrected chi connectivity index (χ2v) is 5.78. The number of aromatic amines is 1. The largest absolute Gasteiger partial charge is 0.361 e. The molecule has 0 amide bonds. The fraction of sp³-hybridized carbons (Fsp3) is 0.158. The summed E-state index contributed by atoms with van der Waals surface area (Å²) in [5, 5.41) is 7.77. The van der Waals surface area contributed by atoms with E-state index in [1.165, 1.54) is 10.9 Å². The molecule has 0 fully saturated rings. The van der Waals surface area contributed by atoms with Gasteiger partial charge in [-0.2, -0.15) is 0 Å². The third kappa shape index (κ3) is 3.14. The maximum absolute atomic E-state index is 4.04. The molecule has 3 N–H and O–H groups in total. The van der Waals surface area contributed by atoms with Crippen LogP contribution in [0.15, 0.2) is 67.1 Å². The quantitative estimate of drug-likeness (QED) is 0.598. The highest BCUT2D eigenvalue weighted by molar-refractivity contribution is 5.83. The number of fused-ring (bicyclic) bond motifs is 1. The van der Waals surface area contributed by atoms with Gasteiger partial charge in [0.05, 0.1) is 0 Å². The summed E-state index contributed by atoms with van der Waals surface area (Å²) < 4.78 is 0. The normalized spacial score (nSPS) is 10.9. The third-order valence-corrected chi connectivity index (χ3v) is 3.72. The molecule has 2 aromatic carbocycles. The summed E-state index contributed by atoms with van der Waals surface area (Å²) in [5.74, 6) is 1.30. The Morgan fingerprint density at radius 2 is 1.64 bits per heavy atom. The minimum atomic E-state index is 0.544. The van der Waals surface area contributed by atoms with Crippen molar-refractivity contribution >= 4 is 22.3 Å². The molecule has 3 rings (SSSR count). The first-order chi connectivity index (χ1) is 10.6. The van der Waals surface area contributed by atoms with Crippen LogP contribution in [-0.4, -0.2) is 4.98 Å². The summed E-state index contributed by atoms with van der Waals surface area (Å²) >= 11 is 0. The maximum atomic E-state index is 4.04. The number of H-pyrrole nitrogens is 1. The standard InChI is InChI=1S/C19H21N3/c1-13(2)15-4-7-17(8-5-15)21-14(3)22-18-9-6-16-10-11-20-19(16)12-18/h4-13,20-22H,3H2,1-2H3. The van der Waals surface area contributed by atoms with Gasteiger partial charge in [-0.1, -0.05) is 38.6 Å². The Balaban J connectivity index is 1.66. The molecular formula is C19H21N3. The van der Waals surface area contributed by atoms with Crippen LogP contribution in [0.2, 0.25) is 0 Å². The molecule has 0 saturated heterocycles. The van der Waals surface area contributed by atoms with Gasteiger partial charge in [0, 0.05) is 23.1 Å². The zero-order chi connectivity index (χ0) is 15.5. The summed E-state index contributed by atoms with van der Waals surface area (Å²) in [5.41, 5.74) is 4.48. The van der Waals surface area contributed by atoms with Gasteiger partial charge in [-0.15, -0.1) is 0 Å². The molecule has 0 unspecified atom stereocenters. The fourth-order valence-electron chi connectivity index (χ4n) is 2.46. The van der Waals surface area contributed by atoms with Crippen LogP contribution in [0.5, 0.6) is 0 Å². The average molecular weight is 291 g/mol. The number of benzene rings is 2. The first kappa shape index (κ1) is 14.3. The molecule has 22 heavy (non-hydrogen) atoms. The number of hydrogen-bond donors (Lipinski definition) is 3. The van der Waals surface area contributed by atoms with Gasteiger partial charge in [0.1, 0.15) is 5.82 Å². The van der Waals surface area contributed by atoms with Crippen molar-refractivity contribution in [3.8, 4) is 0 Å². The molecule has 0 aliphatic carbocycles. The van der Waals surface area contributed by atoms with Gasteiger partial charge < -0.3 is 15.6 Å². The van der Waals surface area contributed by atoms with Crippen LogP contribution < -0.4 is 10.6 Å². The molecule has 0 saturated carbocycles. The Kier molecular flexibility index (Phi) is 3.88. The molecule has 112 valence electrons. The summed E-state index contributed by atoms with van der Waals surface area (Å²) in [7, 11) is 0. The molecule has 3 heteroatoms. The van der Waals surface area contributed by atoms with E-state index in [4.69, 9.17) is 0 Å². The molecule has 1 heterocycles. The van der Waals surface area contributed by atoms with Crippen molar-refractivity contribution in [3.63, 3.8) is 0 Å². The topological polar surface area (TPSA) is 39.8 Å². The van der Waals surface area contributed by atoms with E-state index in [9.17, 15) is 0 Å². The molecule has 3 nitrogen and oxygen atoms in total. The Labute approximate surface area is 131 Å². The van der Waals surface area contributed by atoms with Crippen LogP contribution in [0.25, 0.3) is 10.9 Å². The third-order valence-electron chi connectivity index (χ3n) is 3.72. The molecule has 3 aromatic rings. The van der Waals surface area contributed by atoms with Crippen molar-refractivity contribution in [2.75, 3.05) is 10.6 Å². The summed E-state index contributed by atoms with van der Waals surface area (Å²) in [6, 6.07) is 16.7. The first-order valence-electron chi connectivity index (χ1n) is 7.52. The molecule has 0 aliphatic heterocycles. The smallest absolute Gasteiger partial charge is 0.100 e. The number of hydrogen-bond acceptors (Lipinski definition) is 2. The fourth-order valence-corrected chi connectivity index (χ4v) is 2.46. The van der Waals surface area contributed by atoms with Crippen molar-refractivity contribution < 1.29 is 0 Å². The molecule has 1 aromatic heterocycles. The number of nitrogens with one attached hydrogen (secondary N) is 3. The maximum Gasteiger partial charge on any atom is 0.100 e. The molecule has 0 radical (unpaired) electrons. The van der Waals surface area contributed by atoms with Crippen LogP contribution in [0.3, 0.4) is 0 Å². The first-order valence-corrected chi connectivity index (χ1v) is 7.52. The van der Waals surface area contributed by atoms with Crippen LogP contribution in [0.4, 0.5) is 11.4 Å². The van der Waals surface area contributed by atoms with Crippen LogP contribution in [0, 0.1) is 0 Å².